The minimum Gasteiger partial charge on any atom is -0.394 e. The van der Waals surface area contributed by atoms with E-state index >= 15 is 0 Å². The van der Waals surface area contributed by atoms with Gasteiger partial charge in [-0.25, -0.2) is 0 Å². The summed E-state index contributed by atoms with van der Waals surface area (Å²) in [6.45, 7) is 4.24. The predicted octanol–water partition coefficient (Wildman–Crippen LogP) is 5.28. The van der Waals surface area contributed by atoms with E-state index in [9.17, 15) is 5.11 Å². The molecule has 2 rings (SSSR count). The van der Waals surface area contributed by atoms with Gasteiger partial charge in [0, 0.05) is 11.5 Å². The van der Waals surface area contributed by atoms with Crippen molar-refractivity contribution in [1.82, 2.24) is 0 Å². The summed E-state index contributed by atoms with van der Waals surface area (Å²) in [5.74, 6) is 0.322. The standard InChI is InChI=1S/C23H37NO/c1-3-4-5-6-7-8-11-19-14-15-22-20(16-19)12-9-10-13-21(22)17-23(2,24)18-25/h10,13-16,21,25H,3-9,11-12,17-18,24H2,1-2H3/t21-,23+/m1/s1. The van der Waals surface area contributed by atoms with Gasteiger partial charge in [-0.1, -0.05) is 69.4 Å². The van der Waals surface area contributed by atoms with E-state index in [-0.39, 0.29) is 6.61 Å². The van der Waals surface area contributed by atoms with Crippen LogP contribution in [0.15, 0.2) is 30.4 Å². The Bertz CT molecular complexity index is 547. The second kappa shape index (κ2) is 10.1. The lowest BCUT2D eigenvalue weighted by atomic mass is 9.83. The van der Waals surface area contributed by atoms with Crippen LogP contribution in [0.2, 0.25) is 0 Å². The summed E-state index contributed by atoms with van der Waals surface area (Å²) < 4.78 is 0. The molecule has 0 saturated heterocycles. The Morgan fingerprint density at radius 2 is 1.92 bits per heavy atom. The van der Waals surface area contributed by atoms with E-state index in [1.165, 1.54) is 61.6 Å². The third-order valence-corrected chi connectivity index (χ3v) is 5.42. The molecule has 25 heavy (non-hydrogen) atoms. The molecule has 0 aromatic heterocycles. The van der Waals surface area contributed by atoms with Crippen LogP contribution in [-0.4, -0.2) is 17.3 Å². The van der Waals surface area contributed by atoms with Crippen molar-refractivity contribution >= 4 is 0 Å². The molecule has 2 heteroatoms. The number of unbranched alkanes of at least 4 members (excludes halogenated alkanes) is 5. The first-order valence-corrected chi connectivity index (χ1v) is 10.2. The molecular formula is C23H37NO. The molecule has 0 aliphatic heterocycles. The maximum absolute atomic E-state index is 9.51. The van der Waals surface area contributed by atoms with Crippen LogP contribution in [0.5, 0.6) is 0 Å². The maximum Gasteiger partial charge on any atom is 0.0608 e. The molecule has 2 atom stereocenters. The molecule has 3 N–H and O–H groups in total. The van der Waals surface area contributed by atoms with Crippen LogP contribution >= 0.6 is 0 Å². The third-order valence-electron chi connectivity index (χ3n) is 5.42. The second-order valence-corrected chi connectivity index (χ2v) is 8.14. The monoisotopic (exact) mass is 343 g/mol. The highest BCUT2D eigenvalue weighted by molar-refractivity contribution is 5.39. The highest BCUT2D eigenvalue weighted by Gasteiger charge is 2.25. The Hall–Kier alpha value is -1.12. The molecule has 0 spiro atoms. The normalized spacial score (nSPS) is 19.3. The molecule has 0 amide bonds. The zero-order chi connectivity index (χ0) is 18.1. The number of hydrogen-bond donors (Lipinski definition) is 2. The van der Waals surface area contributed by atoms with E-state index in [1.54, 1.807) is 0 Å². The van der Waals surface area contributed by atoms with Crippen LogP contribution in [0.4, 0.5) is 0 Å². The van der Waals surface area contributed by atoms with Crippen LogP contribution in [0.1, 0.15) is 87.8 Å². The zero-order valence-electron chi connectivity index (χ0n) is 16.3. The quantitative estimate of drug-likeness (QED) is 0.449. The van der Waals surface area contributed by atoms with E-state index < -0.39 is 5.54 Å². The largest absolute Gasteiger partial charge is 0.394 e. The molecular weight excluding hydrogens is 306 g/mol. The minimum absolute atomic E-state index is 0.0305. The fraction of sp³-hybridized carbons (Fsp3) is 0.652. The smallest absolute Gasteiger partial charge is 0.0608 e. The van der Waals surface area contributed by atoms with Gasteiger partial charge in [-0.2, -0.15) is 0 Å². The van der Waals surface area contributed by atoms with Crippen LogP contribution in [0.3, 0.4) is 0 Å². The van der Waals surface area contributed by atoms with Crippen LogP contribution in [0, 0.1) is 0 Å². The summed E-state index contributed by atoms with van der Waals surface area (Å²) in [6.07, 6.45) is 16.9. The first-order valence-electron chi connectivity index (χ1n) is 10.2. The maximum atomic E-state index is 9.51. The molecule has 0 heterocycles. The van der Waals surface area contributed by atoms with Crippen LogP contribution in [0.25, 0.3) is 0 Å². The molecule has 0 fully saturated rings. The highest BCUT2D eigenvalue weighted by Crippen LogP contribution is 2.32. The van der Waals surface area contributed by atoms with Crippen molar-refractivity contribution in [3.05, 3.63) is 47.0 Å². The molecule has 0 saturated carbocycles. The predicted molar refractivity (Wildman–Crippen MR) is 108 cm³/mol. The van der Waals surface area contributed by atoms with Gasteiger partial charge in [-0.15, -0.1) is 0 Å². The molecule has 0 unspecified atom stereocenters. The number of allylic oxidation sites excluding steroid dienone is 2. The molecule has 2 nitrogen and oxygen atoms in total. The zero-order valence-corrected chi connectivity index (χ0v) is 16.3. The van der Waals surface area contributed by atoms with Crippen molar-refractivity contribution in [2.24, 2.45) is 5.73 Å². The lowest BCUT2D eigenvalue weighted by molar-refractivity contribution is 0.197. The molecule has 1 aromatic rings. The van der Waals surface area contributed by atoms with Gasteiger partial charge in [0.05, 0.1) is 6.61 Å². The van der Waals surface area contributed by atoms with Crippen molar-refractivity contribution in [1.29, 1.82) is 0 Å². The second-order valence-electron chi connectivity index (χ2n) is 8.14. The molecule has 0 radical (unpaired) electrons. The van der Waals surface area contributed by atoms with Crippen LogP contribution < -0.4 is 5.73 Å². The number of rotatable bonds is 10. The Morgan fingerprint density at radius 3 is 2.68 bits per heavy atom. The number of nitrogens with two attached hydrogens (primary N) is 1. The van der Waals surface area contributed by atoms with Crippen molar-refractivity contribution in [2.75, 3.05) is 6.61 Å². The average molecular weight is 344 g/mol. The van der Waals surface area contributed by atoms with E-state index in [0.29, 0.717) is 5.92 Å². The lowest BCUT2D eigenvalue weighted by Gasteiger charge is -2.27. The summed E-state index contributed by atoms with van der Waals surface area (Å²) in [7, 11) is 0. The van der Waals surface area contributed by atoms with E-state index in [0.717, 1.165) is 19.3 Å². The Labute approximate surface area is 154 Å². The number of benzene rings is 1. The van der Waals surface area contributed by atoms with Gasteiger partial charge in [0.15, 0.2) is 0 Å². The van der Waals surface area contributed by atoms with Crippen LogP contribution in [-0.2, 0) is 12.8 Å². The van der Waals surface area contributed by atoms with E-state index in [1.807, 2.05) is 6.92 Å². The summed E-state index contributed by atoms with van der Waals surface area (Å²) in [4.78, 5) is 0. The molecule has 140 valence electrons. The van der Waals surface area contributed by atoms with E-state index in [2.05, 4.69) is 37.3 Å². The number of hydrogen-bond acceptors (Lipinski definition) is 2. The lowest BCUT2D eigenvalue weighted by Crippen LogP contribution is -2.41. The Balaban J connectivity index is 1.97. The van der Waals surface area contributed by atoms with Gasteiger partial charge in [-0.3, -0.25) is 0 Å². The fourth-order valence-corrected chi connectivity index (χ4v) is 3.85. The number of aliphatic hydroxyl groups is 1. The van der Waals surface area contributed by atoms with Crippen molar-refractivity contribution in [3.63, 3.8) is 0 Å². The van der Waals surface area contributed by atoms with Crippen molar-refractivity contribution in [2.45, 2.75) is 89.5 Å². The van der Waals surface area contributed by atoms with Gasteiger partial charge in [0.25, 0.3) is 0 Å². The van der Waals surface area contributed by atoms with Crippen molar-refractivity contribution in [3.8, 4) is 0 Å². The van der Waals surface area contributed by atoms with Gasteiger partial charge in [-0.05, 0) is 55.7 Å². The first kappa shape index (κ1) is 20.2. The third kappa shape index (κ3) is 6.60. The Kier molecular flexibility index (Phi) is 8.18. The van der Waals surface area contributed by atoms with Crippen molar-refractivity contribution < 1.29 is 5.11 Å². The Morgan fingerprint density at radius 1 is 1.16 bits per heavy atom. The highest BCUT2D eigenvalue weighted by atomic mass is 16.3. The van der Waals surface area contributed by atoms with Gasteiger partial charge in [0.1, 0.15) is 0 Å². The topological polar surface area (TPSA) is 46.2 Å². The number of fused-ring (bicyclic) bond motifs is 1. The summed E-state index contributed by atoms with van der Waals surface area (Å²) in [5.41, 5.74) is 10.1. The SMILES string of the molecule is CCCCCCCCc1ccc2c(c1)CCC=C[C@@H]2C[C@](C)(N)CO. The minimum atomic E-state index is -0.520. The van der Waals surface area contributed by atoms with Gasteiger partial charge < -0.3 is 10.8 Å². The first-order chi connectivity index (χ1) is 12.1. The molecule has 1 aromatic carbocycles. The van der Waals surface area contributed by atoms with Gasteiger partial charge in [0.2, 0.25) is 0 Å². The fourth-order valence-electron chi connectivity index (χ4n) is 3.85. The molecule has 1 aliphatic carbocycles. The van der Waals surface area contributed by atoms with Gasteiger partial charge >= 0.3 is 0 Å². The number of aliphatic hydroxyl groups excluding tert-OH is 1. The summed E-state index contributed by atoms with van der Waals surface area (Å²) in [6, 6.07) is 7.05. The van der Waals surface area contributed by atoms with E-state index in [4.69, 9.17) is 5.73 Å². The molecule has 1 aliphatic rings. The summed E-state index contributed by atoms with van der Waals surface area (Å²) in [5, 5.41) is 9.51. The number of aryl methyl sites for hydroxylation is 2. The molecule has 0 bridgehead atoms. The summed E-state index contributed by atoms with van der Waals surface area (Å²) >= 11 is 0. The average Bonchev–Trinajstić information content (AvgIpc) is 2.79.